The summed E-state index contributed by atoms with van der Waals surface area (Å²) in [7, 11) is 1.69. The molecule has 5 rings (SSSR count). The Bertz CT molecular complexity index is 1560. The summed E-state index contributed by atoms with van der Waals surface area (Å²) in [6.07, 6.45) is 1.59. The highest BCUT2D eigenvalue weighted by molar-refractivity contribution is 9.10. The lowest BCUT2D eigenvalue weighted by Gasteiger charge is -2.12. The Kier molecular flexibility index (Phi) is 4.90. The first-order valence-corrected chi connectivity index (χ1v) is 10.7. The van der Waals surface area contributed by atoms with Crippen LogP contribution >= 0.6 is 15.9 Å². The van der Waals surface area contributed by atoms with E-state index in [1.807, 2.05) is 18.2 Å². The Morgan fingerprint density at radius 1 is 1.03 bits per heavy atom. The number of carbonyl (C=O) groups is 1. The molecular weight excluding hydrogens is 488 g/mol. The van der Waals surface area contributed by atoms with Gasteiger partial charge in [-0.1, -0.05) is 28.1 Å². The molecule has 0 unspecified atom stereocenters. The van der Waals surface area contributed by atoms with Gasteiger partial charge in [-0.15, -0.1) is 0 Å². The number of halogens is 1. The van der Waals surface area contributed by atoms with Gasteiger partial charge in [0.1, 0.15) is 5.82 Å². The van der Waals surface area contributed by atoms with E-state index in [4.69, 9.17) is 0 Å². The summed E-state index contributed by atoms with van der Waals surface area (Å²) in [6, 6.07) is 18.1. The quantitative estimate of drug-likeness (QED) is 0.232. The molecule has 162 valence electrons. The fourth-order valence-electron chi connectivity index (χ4n) is 3.91. The maximum Gasteiger partial charge on any atom is 0.269 e. The number of likely N-dealkylation sites (N-methyl/N-ethyl adjacent to an activating group) is 1. The molecular formula is C24H15BrN4O4. The third-order valence-electron chi connectivity index (χ3n) is 5.54. The Morgan fingerprint density at radius 2 is 1.76 bits per heavy atom. The van der Waals surface area contributed by atoms with Crippen molar-refractivity contribution in [2.24, 2.45) is 0 Å². The van der Waals surface area contributed by atoms with Crippen LogP contribution in [0.1, 0.15) is 11.4 Å². The highest BCUT2D eigenvalue weighted by atomic mass is 79.9. The number of amides is 1. The zero-order chi connectivity index (χ0) is 23.3. The summed E-state index contributed by atoms with van der Waals surface area (Å²) in [6.45, 7) is 0. The van der Waals surface area contributed by atoms with E-state index in [1.54, 1.807) is 42.3 Å². The zero-order valence-electron chi connectivity index (χ0n) is 17.2. The fraction of sp³-hybridized carbons (Fsp3) is 0.0417. The van der Waals surface area contributed by atoms with Crippen molar-refractivity contribution in [3.63, 3.8) is 0 Å². The Hall–Kier alpha value is -4.11. The number of benzene rings is 3. The van der Waals surface area contributed by atoms with Crippen molar-refractivity contribution in [1.29, 1.82) is 0 Å². The number of non-ortho nitro benzene ring substituents is 1. The third kappa shape index (κ3) is 3.42. The first-order chi connectivity index (χ1) is 15.8. The number of aromatic nitrogens is 2. The Labute approximate surface area is 195 Å². The van der Waals surface area contributed by atoms with Crippen LogP contribution in [0.2, 0.25) is 0 Å². The van der Waals surface area contributed by atoms with E-state index in [0.717, 1.165) is 15.7 Å². The molecule has 3 aromatic carbocycles. The maximum atomic E-state index is 13.4. The molecule has 33 heavy (non-hydrogen) atoms. The van der Waals surface area contributed by atoms with Crippen molar-refractivity contribution in [3.8, 4) is 5.69 Å². The number of hydrogen-bond acceptors (Lipinski definition) is 5. The Balaban J connectivity index is 1.79. The van der Waals surface area contributed by atoms with Gasteiger partial charge in [0.25, 0.3) is 17.2 Å². The summed E-state index contributed by atoms with van der Waals surface area (Å²) >= 11 is 3.45. The normalized spacial score (nSPS) is 14.2. The second-order valence-corrected chi connectivity index (χ2v) is 8.40. The average Bonchev–Trinajstić information content (AvgIpc) is 3.03. The summed E-state index contributed by atoms with van der Waals surface area (Å²) in [4.78, 5) is 43.3. The highest BCUT2D eigenvalue weighted by Gasteiger charge is 2.30. The molecule has 9 heteroatoms. The second kappa shape index (κ2) is 7.79. The van der Waals surface area contributed by atoms with Crippen LogP contribution in [0.5, 0.6) is 0 Å². The van der Waals surface area contributed by atoms with Crippen LogP contribution < -0.4 is 10.5 Å². The van der Waals surface area contributed by atoms with Gasteiger partial charge in [0, 0.05) is 29.2 Å². The number of rotatable bonds is 3. The molecule has 1 aliphatic heterocycles. The van der Waals surface area contributed by atoms with Gasteiger partial charge in [0.05, 0.1) is 32.8 Å². The topological polar surface area (TPSA) is 98.3 Å². The minimum absolute atomic E-state index is 0.0909. The van der Waals surface area contributed by atoms with E-state index >= 15 is 0 Å². The van der Waals surface area contributed by atoms with E-state index in [1.165, 1.54) is 28.8 Å². The van der Waals surface area contributed by atoms with E-state index in [0.29, 0.717) is 22.2 Å². The second-order valence-electron chi connectivity index (χ2n) is 7.48. The molecule has 0 fully saturated rings. The molecule has 0 radical (unpaired) electrons. The van der Waals surface area contributed by atoms with E-state index in [2.05, 4.69) is 20.9 Å². The van der Waals surface area contributed by atoms with Crippen molar-refractivity contribution in [2.75, 3.05) is 11.9 Å². The standard InChI is InChI=1S/C24H15BrN4O4/c1-27-21-11-6-14(25)12-18(21)19(23(27)30)13-22-26-20-5-3-2-4-17(20)24(31)28(22)15-7-9-16(10-8-15)29(32)33/h2-13H,1H3. The number of hydrogen-bond donors (Lipinski definition) is 0. The first-order valence-electron chi connectivity index (χ1n) is 9.91. The fourth-order valence-corrected chi connectivity index (χ4v) is 4.27. The van der Waals surface area contributed by atoms with Crippen molar-refractivity contribution >= 4 is 55.8 Å². The van der Waals surface area contributed by atoms with Gasteiger partial charge in [0.15, 0.2) is 0 Å². The molecule has 0 aliphatic carbocycles. The number of para-hydroxylation sites is 1. The molecule has 1 amide bonds. The minimum atomic E-state index is -0.504. The summed E-state index contributed by atoms with van der Waals surface area (Å²) < 4.78 is 2.18. The number of anilines is 1. The lowest BCUT2D eigenvalue weighted by molar-refractivity contribution is -0.384. The van der Waals surface area contributed by atoms with Gasteiger partial charge < -0.3 is 4.90 Å². The largest absolute Gasteiger partial charge is 0.311 e. The summed E-state index contributed by atoms with van der Waals surface area (Å²) in [5.41, 5.74) is 2.33. The van der Waals surface area contributed by atoms with Gasteiger partial charge >= 0.3 is 0 Å². The maximum absolute atomic E-state index is 13.4. The number of nitro groups is 1. The number of fused-ring (bicyclic) bond motifs is 2. The molecule has 8 nitrogen and oxygen atoms in total. The number of carbonyl (C=O) groups excluding carboxylic acids is 1. The molecule has 0 saturated heterocycles. The van der Waals surface area contributed by atoms with Crippen LogP contribution in [0.15, 0.2) is 76.0 Å². The third-order valence-corrected chi connectivity index (χ3v) is 6.03. The molecule has 0 saturated carbocycles. The van der Waals surface area contributed by atoms with Gasteiger partial charge in [0.2, 0.25) is 0 Å². The average molecular weight is 503 g/mol. The van der Waals surface area contributed by atoms with Crippen LogP contribution in [0.4, 0.5) is 11.4 Å². The van der Waals surface area contributed by atoms with Crippen LogP contribution in [-0.2, 0) is 4.79 Å². The lowest BCUT2D eigenvalue weighted by Crippen LogP contribution is -2.23. The highest BCUT2D eigenvalue weighted by Crippen LogP contribution is 2.38. The van der Waals surface area contributed by atoms with E-state index in [9.17, 15) is 19.7 Å². The van der Waals surface area contributed by atoms with Crippen molar-refractivity contribution in [3.05, 3.63) is 103 Å². The lowest BCUT2D eigenvalue weighted by atomic mass is 10.1. The van der Waals surface area contributed by atoms with Crippen molar-refractivity contribution in [2.45, 2.75) is 0 Å². The number of nitro benzene ring substituents is 1. The molecule has 2 heterocycles. The molecule has 0 bridgehead atoms. The monoisotopic (exact) mass is 502 g/mol. The molecule has 1 aromatic heterocycles. The smallest absolute Gasteiger partial charge is 0.269 e. The first kappa shape index (κ1) is 20.8. The van der Waals surface area contributed by atoms with Crippen molar-refractivity contribution in [1.82, 2.24) is 9.55 Å². The van der Waals surface area contributed by atoms with Gasteiger partial charge in [-0.2, -0.15) is 0 Å². The SMILES string of the molecule is CN1C(=O)C(=Cc2nc3ccccc3c(=O)n2-c2ccc([N+](=O)[O-])cc2)c2cc(Br)ccc21. The van der Waals surface area contributed by atoms with E-state index < -0.39 is 4.92 Å². The zero-order valence-corrected chi connectivity index (χ0v) is 18.8. The van der Waals surface area contributed by atoms with Gasteiger partial charge in [-0.3, -0.25) is 24.3 Å². The predicted octanol–water partition coefficient (Wildman–Crippen LogP) is 4.57. The predicted molar refractivity (Wildman–Crippen MR) is 129 cm³/mol. The molecule has 1 aliphatic rings. The molecule has 0 N–H and O–H groups in total. The van der Waals surface area contributed by atoms with Crippen molar-refractivity contribution < 1.29 is 9.72 Å². The van der Waals surface area contributed by atoms with Gasteiger partial charge in [-0.05, 0) is 48.5 Å². The van der Waals surface area contributed by atoms with Crippen LogP contribution in [0, 0.1) is 10.1 Å². The summed E-state index contributed by atoms with van der Waals surface area (Å²) in [5.74, 6) is 0.0258. The van der Waals surface area contributed by atoms with Gasteiger partial charge in [-0.25, -0.2) is 4.98 Å². The Morgan fingerprint density at radius 3 is 2.48 bits per heavy atom. The molecule has 0 atom stereocenters. The van der Waals surface area contributed by atoms with Crippen LogP contribution in [0.3, 0.4) is 0 Å². The number of nitrogens with zero attached hydrogens (tertiary/aromatic N) is 4. The molecule has 4 aromatic rings. The van der Waals surface area contributed by atoms with Crippen LogP contribution in [0.25, 0.3) is 28.2 Å². The van der Waals surface area contributed by atoms with Crippen LogP contribution in [-0.4, -0.2) is 27.4 Å². The summed E-state index contributed by atoms with van der Waals surface area (Å²) in [5, 5.41) is 11.5. The minimum Gasteiger partial charge on any atom is -0.311 e. The van der Waals surface area contributed by atoms with E-state index in [-0.39, 0.29) is 23.0 Å². The molecule has 0 spiro atoms.